The maximum absolute atomic E-state index is 11.6. The first-order valence-electron chi connectivity index (χ1n) is 4.63. The Hall–Kier alpha value is -1.13. The topological polar surface area (TPSA) is 29.1 Å². The number of carbonyl (C=O) groups excluding carboxylic acids is 1. The molecule has 2 nitrogen and oxygen atoms in total. The molecule has 2 aromatic rings. The number of rotatable bonds is 3. The Bertz CT molecular complexity index is 445. The van der Waals surface area contributed by atoms with Gasteiger partial charge in [-0.05, 0) is 30.5 Å². The van der Waals surface area contributed by atoms with Crippen molar-refractivity contribution in [2.45, 2.75) is 13.5 Å². The van der Waals surface area contributed by atoms with Gasteiger partial charge in [0.15, 0.2) is 0 Å². The molecule has 0 radical (unpaired) electrons. The van der Waals surface area contributed by atoms with E-state index in [1.807, 2.05) is 17.5 Å². The third kappa shape index (κ3) is 2.67. The van der Waals surface area contributed by atoms with E-state index >= 15 is 0 Å². The standard InChI is InChI=1S/C11H11NOS2/c1-8-4-5-9(15-8)7-12-11(13)10-3-2-6-14-10/h2-6H,7H2,1H3,(H,12,13). The molecule has 0 fully saturated rings. The Labute approximate surface area is 96.6 Å². The molecule has 1 N–H and O–H groups in total. The molecular weight excluding hydrogens is 226 g/mol. The first kappa shape index (κ1) is 10.4. The molecule has 2 rings (SSSR count). The Morgan fingerprint density at radius 2 is 2.27 bits per heavy atom. The van der Waals surface area contributed by atoms with Crippen LogP contribution in [-0.4, -0.2) is 5.91 Å². The van der Waals surface area contributed by atoms with E-state index in [2.05, 4.69) is 24.4 Å². The third-order valence-corrected chi connectivity index (χ3v) is 3.83. The number of hydrogen-bond acceptors (Lipinski definition) is 3. The summed E-state index contributed by atoms with van der Waals surface area (Å²) in [5, 5.41) is 4.80. The molecule has 0 aromatic carbocycles. The fourth-order valence-electron chi connectivity index (χ4n) is 1.24. The maximum Gasteiger partial charge on any atom is 0.261 e. The van der Waals surface area contributed by atoms with Crippen LogP contribution in [0.25, 0.3) is 0 Å². The van der Waals surface area contributed by atoms with E-state index in [-0.39, 0.29) is 5.91 Å². The average Bonchev–Trinajstić information content (AvgIpc) is 2.84. The molecule has 0 aliphatic carbocycles. The number of hydrogen-bond donors (Lipinski definition) is 1. The molecule has 0 saturated carbocycles. The normalized spacial score (nSPS) is 10.2. The van der Waals surface area contributed by atoms with Crippen LogP contribution < -0.4 is 5.32 Å². The highest BCUT2D eigenvalue weighted by Gasteiger charge is 2.05. The van der Waals surface area contributed by atoms with Crippen LogP contribution in [0, 0.1) is 6.92 Å². The van der Waals surface area contributed by atoms with E-state index in [1.54, 1.807) is 11.3 Å². The van der Waals surface area contributed by atoms with E-state index in [0.717, 1.165) is 4.88 Å². The molecule has 0 bridgehead atoms. The molecule has 0 unspecified atom stereocenters. The van der Waals surface area contributed by atoms with Crippen molar-refractivity contribution in [2.75, 3.05) is 0 Å². The second kappa shape index (κ2) is 4.59. The number of aryl methyl sites for hydroxylation is 1. The van der Waals surface area contributed by atoms with Gasteiger partial charge in [0.2, 0.25) is 0 Å². The minimum atomic E-state index is 0.0102. The second-order valence-electron chi connectivity index (χ2n) is 3.17. The molecule has 2 heterocycles. The van der Waals surface area contributed by atoms with Gasteiger partial charge in [-0.3, -0.25) is 4.79 Å². The lowest BCUT2D eigenvalue weighted by atomic mass is 10.4. The monoisotopic (exact) mass is 237 g/mol. The zero-order chi connectivity index (χ0) is 10.7. The number of nitrogens with one attached hydrogen (secondary N) is 1. The maximum atomic E-state index is 11.6. The van der Waals surface area contributed by atoms with Crippen molar-refractivity contribution in [2.24, 2.45) is 0 Å². The van der Waals surface area contributed by atoms with Gasteiger partial charge in [0.1, 0.15) is 0 Å². The van der Waals surface area contributed by atoms with Gasteiger partial charge in [-0.25, -0.2) is 0 Å². The Kier molecular flexibility index (Phi) is 3.18. The molecule has 0 aliphatic rings. The van der Waals surface area contributed by atoms with Gasteiger partial charge in [0.25, 0.3) is 5.91 Å². The summed E-state index contributed by atoms with van der Waals surface area (Å²) < 4.78 is 0. The Balaban J connectivity index is 1.91. The van der Waals surface area contributed by atoms with E-state index in [1.165, 1.54) is 21.1 Å². The third-order valence-electron chi connectivity index (χ3n) is 1.96. The van der Waals surface area contributed by atoms with Crippen molar-refractivity contribution in [3.8, 4) is 0 Å². The second-order valence-corrected chi connectivity index (χ2v) is 5.49. The van der Waals surface area contributed by atoms with E-state index < -0.39 is 0 Å². The Morgan fingerprint density at radius 3 is 2.87 bits per heavy atom. The molecular formula is C11H11NOS2. The lowest BCUT2D eigenvalue weighted by Crippen LogP contribution is -2.21. The number of carbonyl (C=O) groups is 1. The lowest BCUT2D eigenvalue weighted by Gasteiger charge is -2.00. The summed E-state index contributed by atoms with van der Waals surface area (Å²) in [6, 6.07) is 7.83. The fourth-order valence-corrected chi connectivity index (χ4v) is 2.71. The highest BCUT2D eigenvalue weighted by molar-refractivity contribution is 7.12. The van der Waals surface area contributed by atoms with Crippen molar-refractivity contribution >= 4 is 28.6 Å². The van der Waals surface area contributed by atoms with Crippen LogP contribution in [0.1, 0.15) is 19.4 Å². The van der Waals surface area contributed by atoms with Crippen LogP contribution in [-0.2, 0) is 6.54 Å². The van der Waals surface area contributed by atoms with Crippen molar-refractivity contribution in [3.63, 3.8) is 0 Å². The average molecular weight is 237 g/mol. The van der Waals surface area contributed by atoms with Gasteiger partial charge >= 0.3 is 0 Å². The van der Waals surface area contributed by atoms with Crippen LogP contribution in [0.15, 0.2) is 29.6 Å². The first-order chi connectivity index (χ1) is 7.25. The van der Waals surface area contributed by atoms with Crippen LogP contribution in [0.3, 0.4) is 0 Å². The highest BCUT2D eigenvalue weighted by Crippen LogP contribution is 2.15. The summed E-state index contributed by atoms with van der Waals surface area (Å²) in [6.45, 7) is 2.69. The largest absolute Gasteiger partial charge is 0.346 e. The predicted molar refractivity (Wildman–Crippen MR) is 64.5 cm³/mol. The zero-order valence-electron chi connectivity index (χ0n) is 8.32. The first-order valence-corrected chi connectivity index (χ1v) is 6.32. The minimum absolute atomic E-state index is 0.0102. The Morgan fingerprint density at radius 1 is 1.40 bits per heavy atom. The van der Waals surface area contributed by atoms with Crippen molar-refractivity contribution < 1.29 is 4.79 Å². The molecule has 0 atom stereocenters. The fraction of sp³-hybridized carbons (Fsp3) is 0.182. The van der Waals surface area contributed by atoms with Crippen molar-refractivity contribution in [1.29, 1.82) is 0 Å². The van der Waals surface area contributed by atoms with E-state index in [9.17, 15) is 4.79 Å². The lowest BCUT2D eigenvalue weighted by molar-refractivity contribution is 0.0955. The smallest absolute Gasteiger partial charge is 0.261 e. The summed E-state index contributed by atoms with van der Waals surface area (Å²) in [5.74, 6) is 0.0102. The van der Waals surface area contributed by atoms with Crippen molar-refractivity contribution in [3.05, 3.63) is 44.3 Å². The van der Waals surface area contributed by atoms with Gasteiger partial charge in [0, 0.05) is 9.75 Å². The molecule has 2 aromatic heterocycles. The van der Waals surface area contributed by atoms with Crippen LogP contribution in [0.2, 0.25) is 0 Å². The number of amides is 1. The molecule has 15 heavy (non-hydrogen) atoms. The van der Waals surface area contributed by atoms with Crippen LogP contribution in [0.5, 0.6) is 0 Å². The van der Waals surface area contributed by atoms with Crippen LogP contribution >= 0.6 is 22.7 Å². The SMILES string of the molecule is Cc1ccc(CNC(=O)c2cccs2)s1. The summed E-state index contributed by atoms with van der Waals surface area (Å²) in [7, 11) is 0. The molecule has 0 saturated heterocycles. The minimum Gasteiger partial charge on any atom is -0.346 e. The van der Waals surface area contributed by atoms with Gasteiger partial charge in [-0.1, -0.05) is 6.07 Å². The molecule has 0 aliphatic heterocycles. The highest BCUT2D eigenvalue weighted by atomic mass is 32.1. The van der Waals surface area contributed by atoms with Crippen molar-refractivity contribution in [1.82, 2.24) is 5.32 Å². The zero-order valence-corrected chi connectivity index (χ0v) is 9.95. The van der Waals surface area contributed by atoms with E-state index in [4.69, 9.17) is 0 Å². The van der Waals surface area contributed by atoms with Crippen LogP contribution in [0.4, 0.5) is 0 Å². The number of thiophene rings is 2. The van der Waals surface area contributed by atoms with E-state index in [0.29, 0.717) is 6.54 Å². The summed E-state index contributed by atoms with van der Waals surface area (Å²) in [6.07, 6.45) is 0. The molecule has 78 valence electrons. The molecule has 1 amide bonds. The van der Waals surface area contributed by atoms with Gasteiger partial charge in [-0.2, -0.15) is 0 Å². The summed E-state index contributed by atoms with van der Waals surface area (Å²) in [4.78, 5) is 14.8. The molecule has 4 heteroatoms. The van der Waals surface area contributed by atoms with Gasteiger partial charge < -0.3 is 5.32 Å². The molecule has 0 spiro atoms. The predicted octanol–water partition coefficient (Wildman–Crippen LogP) is 3.05. The summed E-state index contributed by atoms with van der Waals surface area (Å²) in [5.41, 5.74) is 0. The van der Waals surface area contributed by atoms with Gasteiger partial charge in [-0.15, -0.1) is 22.7 Å². The quantitative estimate of drug-likeness (QED) is 0.873. The van der Waals surface area contributed by atoms with Gasteiger partial charge in [0.05, 0.1) is 11.4 Å². The summed E-state index contributed by atoms with van der Waals surface area (Å²) >= 11 is 3.18.